The summed E-state index contributed by atoms with van der Waals surface area (Å²) < 4.78 is 83.6. The highest BCUT2D eigenvalue weighted by atomic mass is 31.3. The number of nitrogens with two attached hydrogens (primary N) is 1. The van der Waals surface area contributed by atoms with Crippen molar-refractivity contribution in [3.63, 3.8) is 0 Å². The largest absolute Gasteiger partial charge is 0.492 e. The Hall–Kier alpha value is -1.02. The van der Waals surface area contributed by atoms with Gasteiger partial charge in [-0.1, -0.05) is 6.92 Å². The van der Waals surface area contributed by atoms with Crippen molar-refractivity contribution >= 4 is 29.3 Å². The van der Waals surface area contributed by atoms with Gasteiger partial charge < -0.3 is 15.4 Å². The molecule has 0 aromatic carbocycles. The molecule has 32 heavy (non-hydrogen) atoms. The van der Waals surface area contributed by atoms with Crippen LogP contribution >= 0.6 is 23.5 Å². The lowest BCUT2D eigenvalue weighted by atomic mass is 10.1. The summed E-state index contributed by atoms with van der Waals surface area (Å²) in [6, 6.07) is 0. The molecule has 15 nitrogen and oxygen atoms in total. The van der Waals surface area contributed by atoms with Crippen LogP contribution in [0, 0.1) is 11.7 Å². The molecule has 3 N–H and O–H groups in total. The first-order valence-electron chi connectivity index (χ1n) is 8.74. The normalized spacial score (nSPS) is 25.4. The molecule has 19 heteroatoms. The predicted octanol–water partition coefficient (Wildman–Crippen LogP) is 2.19. The van der Waals surface area contributed by atoms with Gasteiger partial charge in [0.25, 0.3) is 0 Å². The number of phosphoric ester groups is 2. The molecule has 1 aliphatic rings. The van der Waals surface area contributed by atoms with Crippen molar-refractivity contribution in [2.45, 2.75) is 25.7 Å². The van der Waals surface area contributed by atoms with Gasteiger partial charge in [0.05, 0.1) is 18.9 Å². The average molecular weight is 525 g/mol. The molecule has 5 atom stereocenters. The summed E-state index contributed by atoms with van der Waals surface area (Å²) >= 11 is 0. The molecule has 1 aromatic heterocycles. The van der Waals surface area contributed by atoms with Crippen molar-refractivity contribution in [1.29, 1.82) is 0 Å². The minimum atomic E-state index is -5.11. The number of ether oxygens (including phenoxy) is 1. The molecule has 0 spiro atoms. The van der Waals surface area contributed by atoms with E-state index in [4.69, 9.17) is 15.0 Å². The third-order valence-corrected chi connectivity index (χ3v) is 9.20. The zero-order valence-corrected chi connectivity index (χ0v) is 20.0. The van der Waals surface area contributed by atoms with Gasteiger partial charge >= 0.3 is 29.2 Å². The van der Waals surface area contributed by atoms with Gasteiger partial charge in [0.2, 0.25) is 0 Å². The highest BCUT2D eigenvalue weighted by Gasteiger charge is 2.45. The number of anilines is 1. The Morgan fingerprint density at radius 2 is 1.81 bits per heavy atom. The Balaban J connectivity index is 2.04. The molecule has 5 unspecified atom stereocenters. The SMILES string of the molecule is COP(=O)(OC)OP(=O)(OC)OP(=O)(O)OCC1CC(C)C(n2cc(F)c(N)nc2=O)O1. The second kappa shape index (κ2) is 10.5. The van der Waals surface area contributed by atoms with Gasteiger partial charge in [0.1, 0.15) is 6.23 Å². The number of phosphoric acid groups is 3. The second-order valence-electron chi connectivity index (χ2n) is 6.40. The van der Waals surface area contributed by atoms with Crippen LogP contribution in [0.3, 0.4) is 0 Å². The van der Waals surface area contributed by atoms with Crippen LogP contribution in [-0.2, 0) is 45.1 Å². The zero-order valence-electron chi connectivity index (χ0n) is 17.4. The second-order valence-corrected chi connectivity index (χ2v) is 11.8. The van der Waals surface area contributed by atoms with E-state index in [1.54, 1.807) is 6.92 Å². The van der Waals surface area contributed by atoms with E-state index in [0.717, 1.165) is 32.1 Å². The summed E-state index contributed by atoms with van der Waals surface area (Å²) in [4.78, 5) is 25.2. The van der Waals surface area contributed by atoms with E-state index in [1.807, 2.05) is 0 Å². The summed E-state index contributed by atoms with van der Waals surface area (Å²) in [5.41, 5.74) is 4.40. The fraction of sp³-hybridized carbons (Fsp3) is 0.692. The molecule has 0 bridgehead atoms. The molecule has 2 heterocycles. The molecule has 184 valence electrons. The standard InChI is InChI=1S/C13H23FN3O12P3/c1-8-5-9(27-12(8)17-6-10(14)11(15)16-13(17)18)7-26-30(19,20)28-32(22,25-4)29-31(21,23-2)24-3/h6,8-9,12H,5,7H2,1-4H3,(H,19,20)(H2,15,16,18). The van der Waals surface area contributed by atoms with E-state index >= 15 is 0 Å². The first kappa shape index (κ1) is 27.2. The van der Waals surface area contributed by atoms with Crippen molar-refractivity contribution in [2.24, 2.45) is 5.92 Å². The molecule has 0 aliphatic carbocycles. The maximum atomic E-state index is 13.7. The molecule has 1 fully saturated rings. The van der Waals surface area contributed by atoms with Crippen LogP contribution in [0.4, 0.5) is 10.2 Å². The number of nitrogens with zero attached hydrogens (tertiary/aromatic N) is 2. The van der Waals surface area contributed by atoms with Crippen LogP contribution in [0.15, 0.2) is 11.0 Å². The molecule has 2 rings (SSSR count). The number of aromatic nitrogens is 2. The smallest absolute Gasteiger partial charge is 0.381 e. The Labute approximate surface area is 181 Å². The summed E-state index contributed by atoms with van der Waals surface area (Å²) in [7, 11) is -11.8. The third kappa shape index (κ3) is 6.75. The van der Waals surface area contributed by atoms with Crippen LogP contribution in [0.1, 0.15) is 19.6 Å². The summed E-state index contributed by atoms with van der Waals surface area (Å²) in [5, 5.41) is 0. The zero-order chi connectivity index (χ0) is 24.3. The van der Waals surface area contributed by atoms with Crippen molar-refractivity contribution in [1.82, 2.24) is 9.55 Å². The quantitative estimate of drug-likeness (QED) is 0.399. The van der Waals surface area contributed by atoms with Crippen molar-refractivity contribution in [3.8, 4) is 0 Å². The van der Waals surface area contributed by atoms with Crippen molar-refractivity contribution in [3.05, 3.63) is 22.5 Å². The van der Waals surface area contributed by atoms with Crippen LogP contribution in [0.2, 0.25) is 0 Å². The summed E-state index contributed by atoms with van der Waals surface area (Å²) in [6.45, 7) is 1.12. The van der Waals surface area contributed by atoms with Crippen LogP contribution < -0.4 is 11.4 Å². The number of rotatable bonds is 11. The summed E-state index contributed by atoms with van der Waals surface area (Å²) in [6.07, 6.45) is -0.742. The molecule has 1 aromatic rings. The number of nitrogen functional groups attached to an aromatic ring is 1. The molecule has 0 amide bonds. The van der Waals surface area contributed by atoms with Gasteiger partial charge in [-0.15, -0.1) is 0 Å². The fourth-order valence-electron chi connectivity index (χ4n) is 2.68. The maximum Gasteiger partial charge on any atom is 0.492 e. The predicted molar refractivity (Wildman–Crippen MR) is 105 cm³/mol. The lowest BCUT2D eigenvalue weighted by Gasteiger charge is -2.22. The van der Waals surface area contributed by atoms with Gasteiger partial charge in [-0.25, -0.2) is 22.9 Å². The van der Waals surface area contributed by atoms with E-state index in [-0.39, 0.29) is 12.3 Å². The average Bonchev–Trinajstić information content (AvgIpc) is 3.09. The highest BCUT2D eigenvalue weighted by Crippen LogP contribution is 2.71. The van der Waals surface area contributed by atoms with E-state index < -0.39 is 59.7 Å². The molecule has 0 radical (unpaired) electrons. The highest BCUT2D eigenvalue weighted by molar-refractivity contribution is 7.67. The van der Waals surface area contributed by atoms with Crippen molar-refractivity contribution < 1.29 is 54.4 Å². The topological polar surface area (TPSA) is 197 Å². The van der Waals surface area contributed by atoms with Gasteiger partial charge in [0.15, 0.2) is 11.6 Å². The molecular formula is C13H23FN3O12P3. The molecule has 1 saturated heterocycles. The monoisotopic (exact) mass is 525 g/mol. The van der Waals surface area contributed by atoms with Gasteiger partial charge in [-0.2, -0.15) is 13.6 Å². The lowest BCUT2D eigenvalue weighted by molar-refractivity contribution is -0.0335. The number of hydrogen-bond donors (Lipinski definition) is 2. The first-order valence-corrected chi connectivity index (χ1v) is 13.2. The van der Waals surface area contributed by atoms with E-state index in [9.17, 15) is 27.8 Å². The van der Waals surface area contributed by atoms with E-state index in [0.29, 0.717) is 0 Å². The Morgan fingerprint density at radius 3 is 2.38 bits per heavy atom. The lowest BCUT2D eigenvalue weighted by Crippen LogP contribution is -2.30. The van der Waals surface area contributed by atoms with Crippen molar-refractivity contribution in [2.75, 3.05) is 33.7 Å². The van der Waals surface area contributed by atoms with Gasteiger partial charge in [-0.05, 0) is 6.42 Å². The van der Waals surface area contributed by atoms with E-state index in [1.165, 1.54) is 0 Å². The fourth-order valence-corrected chi connectivity index (χ4v) is 6.81. The number of halogens is 1. The Kier molecular flexibility index (Phi) is 8.93. The van der Waals surface area contributed by atoms with Crippen LogP contribution in [-0.4, -0.2) is 48.5 Å². The third-order valence-electron chi connectivity index (χ3n) is 4.16. The molecule has 0 saturated carbocycles. The first-order chi connectivity index (χ1) is 14.8. The summed E-state index contributed by atoms with van der Waals surface area (Å²) in [5.74, 6) is -1.84. The minimum Gasteiger partial charge on any atom is -0.381 e. The van der Waals surface area contributed by atoms with Crippen LogP contribution in [0.25, 0.3) is 0 Å². The van der Waals surface area contributed by atoms with E-state index in [2.05, 4.69) is 27.2 Å². The van der Waals surface area contributed by atoms with Crippen LogP contribution in [0.5, 0.6) is 0 Å². The van der Waals surface area contributed by atoms with Gasteiger partial charge in [0, 0.05) is 27.2 Å². The maximum absolute atomic E-state index is 13.7. The molecule has 1 aliphatic heterocycles. The Morgan fingerprint density at radius 1 is 1.22 bits per heavy atom. The molecular weight excluding hydrogens is 502 g/mol. The number of hydrogen-bond acceptors (Lipinski definition) is 13. The minimum absolute atomic E-state index is 0.226. The Bertz CT molecular complexity index is 1010. The van der Waals surface area contributed by atoms with Gasteiger partial charge in [-0.3, -0.25) is 22.7 Å².